The molecular formula is C20H36O7. The number of hydrogen-bond acceptors (Lipinski definition) is 6. The average molecular weight is 389 g/mol. The molecule has 0 fully saturated rings. The standard InChI is InChI=1S/C20H36O7/c1-3-5-7-8-9-10-12-14-27-18(22)16-20(25,19(23)24)15-17(21)26-13-11-6-4-2/h25H,3-16H2,1-2H3,(H,23,24). The lowest BCUT2D eigenvalue weighted by molar-refractivity contribution is -0.173. The second-order valence-electron chi connectivity index (χ2n) is 6.96. The Kier molecular flexibility index (Phi) is 14.5. The summed E-state index contributed by atoms with van der Waals surface area (Å²) in [5.74, 6) is -3.30. The van der Waals surface area contributed by atoms with Gasteiger partial charge in [-0.3, -0.25) is 9.59 Å². The third-order valence-electron chi connectivity index (χ3n) is 4.29. The molecule has 27 heavy (non-hydrogen) atoms. The zero-order valence-electron chi connectivity index (χ0n) is 16.8. The summed E-state index contributed by atoms with van der Waals surface area (Å²) in [5.41, 5.74) is -2.50. The maximum absolute atomic E-state index is 11.8. The Labute approximate surface area is 162 Å². The lowest BCUT2D eigenvalue weighted by Crippen LogP contribution is -2.43. The van der Waals surface area contributed by atoms with E-state index in [1.165, 1.54) is 19.3 Å². The molecule has 0 aromatic heterocycles. The summed E-state index contributed by atoms with van der Waals surface area (Å²) in [7, 11) is 0. The van der Waals surface area contributed by atoms with Gasteiger partial charge in [0.25, 0.3) is 0 Å². The Hall–Kier alpha value is -1.63. The van der Waals surface area contributed by atoms with E-state index in [9.17, 15) is 24.6 Å². The van der Waals surface area contributed by atoms with Gasteiger partial charge in [0.05, 0.1) is 26.1 Å². The second kappa shape index (κ2) is 15.4. The first-order chi connectivity index (χ1) is 12.9. The third-order valence-corrected chi connectivity index (χ3v) is 4.29. The number of carboxylic acids is 1. The summed E-state index contributed by atoms with van der Waals surface area (Å²) >= 11 is 0. The van der Waals surface area contributed by atoms with E-state index in [0.717, 1.165) is 32.1 Å². The van der Waals surface area contributed by atoms with E-state index in [2.05, 4.69) is 6.92 Å². The Morgan fingerprint density at radius 3 is 1.52 bits per heavy atom. The maximum Gasteiger partial charge on any atom is 0.336 e. The van der Waals surface area contributed by atoms with Gasteiger partial charge in [0.2, 0.25) is 0 Å². The van der Waals surface area contributed by atoms with Crippen molar-refractivity contribution in [3.8, 4) is 0 Å². The van der Waals surface area contributed by atoms with Crippen molar-refractivity contribution in [1.29, 1.82) is 0 Å². The van der Waals surface area contributed by atoms with Crippen LogP contribution in [0.4, 0.5) is 0 Å². The van der Waals surface area contributed by atoms with Gasteiger partial charge in [-0.25, -0.2) is 4.79 Å². The minimum absolute atomic E-state index is 0.172. The molecule has 0 saturated carbocycles. The smallest absolute Gasteiger partial charge is 0.336 e. The van der Waals surface area contributed by atoms with Crippen LogP contribution in [0.2, 0.25) is 0 Å². The fraction of sp³-hybridized carbons (Fsp3) is 0.850. The van der Waals surface area contributed by atoms with Crippen LogP contribution in [0, 0.1) is 0 Å². The highest BCUT2D eigenvalue weighted by molar-refractivity contribution is 5.88. The molecule has 0 amide bonds. The predicted octanol–water partition coefficient (Wildman–Crippen LogP) is 3.61. The maximum atomic E-state index is 11.8. The van der Waals surface area contributed by atoms with Gasteiger partial charge >= 0.3 is 17.9 Å². The van der Waals surface area contributed by atoms with Crippen LogP contribution in [0.1, 0.15) is 90.9 Å². The van der Waals surface area contributed by atoms with Gasteiger partial charge in [0.1, 0.15) is 0 Å². The van der Waals surface area contributed by atoms with Crippen molar-refractivity contribution in [3.05, 3.63) is 0 Å². The molecule has 7 heteroatoms. The molecule has 0 bridgehead atoms. The minimum atomic E-state index is -2.50. The fourth-order valence-corrected chi connectivity index (χ4v) is 2.58. The largest absolute Gasteiger partial charge is 0.479 e. The number of hydrogen-bond donors (Lipinski definition) is 2. The Balaban J connectivity index is 4.13. The molecule has 0 heterocycles. The number of carbonyl (C=O) groups excluding carboxylic acids is 2. The molecule has 0 rings (SSSR count). The molecular weight excluding hydrogens is 352 g/mol. The predicted molar refractivity (Wildman–Crippen MR) is 101 cm³/mol. The summed E-state index contributed by atoms with van der Waals surface area (Å²) in [6.45, 7) is 4.52. The first-order valence-electron chi connectivity index (χ1n) is 10.1. The monoisotopic (exact) mass is 388 g/mol. The summed E-state index contributed by atoms with van der Waals surface area (Å²) in [6.07, 6.45) is 8.45. The molecule has 0 aromatic rings. The molecule has 1 unspecified atom stereocenters. The second-order valence-corrected chi connectivity index (χ2v) is 6.96. The highest BCUT2D eigenvalue weighted by atomic mass is 16.5. The van der Waals surface area contributed by atoms with Crippen LogP contribution in [-0.4, -0.2) is 46.9 Å². The Bertz CT molecular complexity index is 436. The fourth-order valence-electron chi connectivity index (χ4n) is 2.58. The number of carbonyl (C=O) groups is 3. The number of esters is 2. The highest BCUT2D eigenvalue weighted by Gasteiger charge is 2.41. The molecule has 0 aliphatic heterocycles. The number of unbranched alkanes of at least 4 members (excludes halogenated alkanes) is 8. The molecule has 2 N–H and O–H groups in total. The van der Waals surface area contributed by atoms with Crippen molar-refractivity contribution in [3.63, 3.8) is 0 Å². The molecule has 7 nitrogen and oxygen atoms in total. The van der Waals surface area contributed by atoms with Gasteiger partial charge in [0.15, 0.2) is 5.60 Å². The topological polar surface area (TPSA) is 110 Å². The summed E-state index contributed by atoms with van der Waals surface area (Å²) in [4.78, 5) is 34.8. The number of rotatable bonds is 17. The van der Waals surface area contributed by atoms with Crippen molar-refractivity contribution in [1.82, 2.24) is 0 Å². The normalized spacial score (nSPS) is 13.0. The van der Waals surface area contributed by atoms with Crippen LogP contribution in [0.15, 0.2) is 0 Å². The Morgan fingerprint density at radius 1 is 0.704 bits per heavy atom. The van der Waals surface area contributed by atoms with Crippen LogP contribution >= 0.6 is 0 Å². The van der Waals surface area contributed by atoms with E-state index in [1.807, 2.05) is 6.92 Å². The zero-order valence-corrected chi connectivity index (χ0v) is 16.8. The van der Waals surface area contributed by atoms with Crippen LogP contribution in [-0.2, 0) is 23.9 Å². The quantitative estimate of drug-likeness (QED) is 0.289. The summed E-state index contributed by atoms with van der Waals surface area (Å²) < 4.78 is 9.91. The van der Waals surface area contributed by atoms with Gasteiger partial charge in [0, 0.05) is 0 Å². The van der Waals surface area contributed by atoms with E-state index in [0.29, 0.717) is 12.8 Å². The van der Waals surface area contributed by atoms with Crippen LogP contribution in [0.5, 0.6) is 0 Å². The van der Waals surface area contributed by atoms with Gasteiger partial charge in [-0.05, 0) is 12.8 Å². The molecule has 0 aromatic carbocycles. The number of aliphatic hydroxyl groups is 1. The first-order valence-corrected chi connectivity index (χ1v) is 10.1. The lowest BCUT2D eigenvalue weighted by atomic mass is 9.96. The van der Waals surface area contributed by atoms with E-state index in [-0.39, 0.29) is 13.2 Å². The molecule has 0 radical (unpaired) electrons. The van der Waals surface area contributed by atoms with E-state index >= 15 is 0 Å². The van der Waals surface area contributed by atoms with Gasteiger partial charge in [-0.15, -0.1) is 0 Å². The molecule has 0 aliphatic carbocycles. The lowest BCUT2D eigenvalue weighted by Gasteiger charge is -2.21. The number of ether oxygens (including phenoxy) is 2. The van der Waals surface area contributed by atoms with Crippen LogP contribution < -0.4 is 0 Å². The Morgan fingerprint density at radius 2 is 1.07 bits per heavy atom. The zero-order chi connectivity index (χ0) is 20.5. The third kappa shape index (κ3) is 13.2. The van der Waals surface area contributed by atoms with E-state index < -0.39 is 36.4 Å². The highest BCUT2D eigenvalue weighted by Crippen LogP contribution is 2.18. The van der Waals surface area contributed by atoms with Crippen molar-refractivity contribution in [2.45, 2.75) is 96.5 Å². The van der Waals surface area contributed by atoms with E-state index in [1.54, 1.807) is 0 Å². The van der Waals surface area contributed by atoms with Crippen molar-refractivity contribution in [2.75, 3.05) is 13.2 Å². The molecule has 158 valence electrons. The van der Waals surface area contributed by atoms with Crippen molar-refractivity contribution in [2.24, 2.45) is 0 Å². The summed E-state index contributed by atoms with van der Waals surface area (Å²) in [6, 6.07) is 0. The van der Waals surface area contributed by atoms with E-state index in [4.69, 9.17) is 9.47 Å². The molecule has 0 spiro atoms. The van der Waals surface area contributed by atoms with Gasteiger partial charge in [-0.2, -0.15) is 0 Å². The number of carboxylic acid groups (broad SMARTS) is 1. The first kappa shape index (κ1) is 25.4. The summed E-state index contributed by atoms with van der Waals surface area (Å²) in [5, 5.41) is 19.3. The number of aliphatic carboxylic acids is 1. The minimum Gasteiger partial charge on any atom is -0.479 e. The van der Waals surface area contributed by atoms with Crippen LogP contribution in [0.3, 0.4) is 0 Å². The molecule has 1 atom stereocenters. The molecule has 0 aliphatic rings. The average Bonchev–Trinajstić information content (AvgIpc) is 2.60. The van der Waals surface area contributed by atoms with Gasteiger partial charge in [-0.1, -0.05) is 65.2 Å². The SMILES string of the molecule is CCCCCCCCCOC(=O)CC(O)(CC(=O)OCCCCC)C(=O)O. The van der Waals surface area contributed by atoms with Crippen molar-refractivity contribution >= 4 is 17.9 Å². The van der Waals surface area contributed by atoms with Gasteiger partial charge < -0.3 is 19.7 Å². The van der Waals surface area contributed by atoms with Crippen molar-refractivity contribution < 1.29 is 34.1 Å². The van der Waals surface area contributed by atoms with Crippen LogP contribution in [0.25, 0.3) is 0 Å². The molecule has 0 saturated heterocycles.